The van der Waals surface area contributed by atoms with Gasteiger partial charge in [0.15, 0.2) is 0 Å². The van der Waals surface area contributed by atoms with Crippen LogP contribution < -0.4 is 4.74 Å². The van der Waals surface area contributed by atoms with Gasteiger partial charge in [0.25, 0.3) is 5.91 Å². The van der Waals surface area contributed by atoms with Crippen molar-refractivity contribution in [3.05, 3.63) is 28.2 Å². The first kappa shape index (κ1) is 17.5. The van der Waals surface area contributed by atoms with Crippen LogP contribution in [0.4, 0.5) is 0 Å². The minimum atomic E-state index is -0.917. The molecule has 5 nitrogen and oxygen atoms in total. The number of carboxylic acid groups (broad SMARTS) is 1. The second kappa shape index (κ2) is 8.02. The molecule has 1 N–H and O–H groups in total. The molecule has 0 atom stereocenters. The molecule has 0 saturated heterocycles. The number of hydrogen-bond acceptors (Lipinski definition) is 3. The van der Waals surface area contributed by atoms with Gasteiger partial charge in [0.05, 0.1) is 12.5 Å². The Kier molecular flexibility index (Phi) is 6.68. The molecule has 0 aliphatic rings. The summed E-state index contributed by atoms with van der Waals surface area (Å²) in [5.74, 6) is -0.509. The highest BCUT2D eigenvalue weighted by atomic mass is 79.9. The molecule has 21 heavy (non-hydrogen) atoms. The van der Waals surface area contributed by atoms with Crippen molar-refractivity contribution in [1.29, 1.82) is 0 Å². The van der Waals surface area contributed by atoms with E-state index in [9.17, 15) is 9.59 Å². The Morgan fingerprint density at radius 1 is 1.33 bits per heavy atom. The average molecular weight is 358 g/mol. The second-order valence-electron chi connectivity index (χ2n) is 4.87. The number of benzene rings is 1. The summed E-state index contributed by atoms with van der Waals surface area (Å²) in [6.45, 7) is 6.29. The van der Waals surface area contributed by atoms with Gasteiger partial charge < -0.3 is 14.7 Å². The van der Waals surface area contributed by atoms with E-state index in [1.807, 2.05) is 20.8 Å². The molecular weight excluding hydrogens is 338 g/mol. The van der Waals surface area contributed by atoms with Gasteiger partial charge in [-0.2, -0.15) is 0 Å². The summed E-state index contributed by atoms with van der Waals surface area (Å²) in [4.78, 5) is 24.6. The molecule has 0 aromatic heterocycles. The number of hydrogen-bond donors (Lipinski definition) is 1. The molecule has 0 radical (unpaired) electrons. The van der Waals surface area contributed by atoms with Crippen molar-refractivity contribution in [2.24, 2.45) is 0 Å². The second-order valence-corrected chi connectivity index (χ2v) is 5.79. The Morgan fingerprint density at radius 3 is 2.52 bits per heavy atom. The third-order valence-corrected chi connectivity index (χ3v) is 3.21. The number of halogens is 1. The van der Waals surface area contributed by atoms with Gasteiger partial charge in [-0.25, -0.2) is 0 Å². The monoisotopic (exact) mass is 357 g/mol. The first-order valence-corrected chi connectivity index (χ1v) is 7.61. The van der Waals surface area contributed by atoms with Crippen LogP contribution in [0.5, 0.6) is 5.75 Å². The maximum atomic E-state index is 12.4. The highest BCUT2D eigenvalue weighted by molar-refractivity contribution is 9.10. The predicted octanol–water partition coefficient (Wildman–Crippen LogP) is 3.17. The van der Waals surface area contributed by atoms with Crippen LogP contribution in [-0.4, -0.2) is 41.1 Å². The fourth-order valence-electron chi connectivity index (χ4n) is 1.84. The fraction of sp³-hybridized carbons (Fsp3) is 0.467. The molecule has 0 bridgehead atoms. The van der Waals surface area contributed by atoms with Crippen LogP contribution in [-0.2, 0) is 4.79 Å². The van der Waals surface area contributed by atoms with Crippen LogP contribution in [0.15, 0.2) is 22.7 Å². The lowest BCUT2D eigenvalue weighted by atomic mass is 10.1. The van der Waals surface area contributed by atoms with Crippen molar-refractivity contribution in [1.82, 2.24) is 4.90 Å². The van der Waals surface area contributed by atoms with Gasteiger partial charge in [-0.1, -0.05) is 15.9 Å². The molecule has 0 fully saturated rings. The van der Waals surface area contributed by atoms with E-state index in [0.717, 1.165) is 4.47 Å². The Balaban J connectivity index is 2.93. The standard InChI is InChI=1S/C15H20BrNO4/c1-4-17(6-5-14(18)19)15(20)11-7-12(16)9-13(8-11)21-10(2)3/h7-10H,4-6H2,1-3H3,(H,18,19). The average Bonchev–Trinajstić information content (AvgIpc) is 2.37. The van der Waals surface area contributed by atoms with Crippen molar-refractivity contribution in [2.45, 2.75) is 33.3 Å². The van der Waals surface area contributed by atoms with Crippen LogP contribution in [0.1, 0.15) is 37.6 Å². The number of nitrogens with zero attached hydrogens (tertiary/aromatic N) is 1. The maximum absolute atomic E-state index is 12.4. The van der Waals surface area contributed by atoms with Crippen LogP contribution in [0, 0.1) is 0 Å². The summed E-state index contributed by atoms with van der Waals surface area (Å²) in [5, 5.41) is 8.73. The molecule has 0 aliphatic carbocycles. The Bertz CT molecular complexity index is 516. The van der Waals surface area contributed by atoms with E-state index < -0.39 is 5.97 Å². The molecule has 1 aromatic carbocycles. The molecule has 0 unspecified atom stereocenters. The van der Waals surface area contributed by atoms with Gasteiger partial charge in [-0.3, -0.25) is 9.59 Å². The first-order valence-electron chi connectivity index (χ1n) is 6.81. The third-order valence-electron chi connectivity index (χ3n) is 2.75. The highest BCUT2D eigenvalue weighted by Gasteiger charge is 2.17. The van der Waals surface area contributed by atoms with E-state index in [1.54, 1.807) is 18.2 Å². The molecule has 0 aliphatic heterocycles. The number of ether oxygens (including phenoxy) is 1. The number of amides is 1. The summed E-state index contributed by atoms with van der Waals surface area (Å²) < 4.78 is 6.35. The molecule has 1 rings (SSSR count). The fourth-order valence-corrected chi connectivity index (χ4v) is 2.32. The lowest BCUT2D eigenvalue weighted by molar-refractivity contribution is -0.137. The van der Waals surface area contributed by atoms with E-state index in [-0.39, 0.29) is 25.0 Å². The van der Waals surface area contributed by atoms with Crippen molar-refractivity contribution in [2.75, 3.05) is 13.1 Å². The lowest BCUT2D eigenvalue weighted by Crippen LogP contribution is -2.32. The van der Waals surface area contributed by atoms with E-state index in [4.69, 9.17) is 9.84 Å². The van der Waals surface area contributed by atoms with Crippen molar-refractivity contribution < 1.29 is 19.4 Å². The van der Waals surface area contributed by atoms with Crippen LogP contribution in [0.3, 0.4) is 0 Å². The van der Waals surface area contributed by atoms with Gasteiger partial charge in [-0.15, -0.1) is 0 Å². The first-order chi connectivity index (χ1) is 9.83. The molecular formula is C15H20BrNO4. The Hall–Kier alpha value is -1.56. The molecule has 0 saturated carbocycles. The molecule has 6 heteroatoms. The molecule has 0 heterocycles. The van der Waals surface area contributed by atoms with Crippen molar-refractivity contribution in [3.8, 4) is 5.75 Å². The number of rotatable bonds is 7. The summed E-state index contributed by atoms with van der Waals surface area (Å²) in [7, 11) is 0. The molecule has 116 valence electrons. The SMILES string of the molecule is CCN(CCC(=O)O)C(=O)c1cc(Br)cc(OC(C)C)c1. The smallest absolute Gasteiger partial charge is 0.305 e. The minimum absolute atomic E-state index is 0.0107. The molecule has 0 spiro atoms. The summed E-state index contributed by atoms with van der Waals surface area (Å²) in [6, 6.07) is 5.18. The number of carbonyl (C=O) groups excluding carboxylic acids is 1. The number of carbonyl (C=O) groups is 2. The van der Waals surface area contributed by atoms with E-state index >= 15 is 0 Å². The zero-order valence-corrected chi connectivity index (χ0v) is 14.0. The van der Waals surface area contributed by atoms with Crippen molar-refractivity contribution >= 4 is 27.8 Å². The summed E-state index contributed by atoms with van der Waals surface area (Å²) >= 11 is 3.36. The largest absolute Gasteiger partial charge is 0.491 e. The van der Waals surface area contributed by atoms with Gasteiger partial charge >= 0.3 is 5.97 Å². The molecule has 1 aromatic rings. The summed E-state index contributed by atoms with van der Waals surface area (Å²) in [5.41, 5.74) is 0.479. The zero-order valence-electron chi connectivity index (χ0n) is 12.4. The van der Waals surface area contributed by atoms with Crippen molar-refractivity contribution in [3.63, 3.8) is 0 Å². The van der Waals surface area contributed by atoms with E-state index in [2.05, 4.69) is 15.9 Å². The normalized spacial score (nSPS) is 10.5. The van der Waals surface area contributed by atoms with E-state index in [1.165, 1.54) is 4.90 Å². The zero-order chi connectivity index (χ0) is 16.0. The van der Waals surface area contributed by atoms with Gasteiger partial charge in [0.2, 0.25) is 0 Å². The van der Waals surface area contributed by atoms with Crippen LogP contribution in [0.25, 0.3) is 0 Å². The van der Waals surface area contributed by atoms with Gasteiger partial charge in [0.1, 0.15) is 5.75 Å². The number of aliphatic carboxylic acids is 1. The topological polar surface area (TPSA) is 66.8 Å². The number of carboxylic acids is 1. The predicted molar refractivity (Wildman–Crippen MR) is 83.7 cm³/mol. The lowest BCUT2D eigenvalue weighted by Gasteiger charge is -2.21. The molecule has 1 amide bonds. The third kappa shape index (κ3) is 5.75. The van der Waals surface area contributed by atoms with Gasteiger partial charge in [-0.05, 0) is 39.0 Å². The Morgan fingerprint density at radius 2 is 2.00 bits per heavy atom. The quantitative estimate of drug-likeness (QED) is 0.813. The highest BCUT2D eigenvalue weighted by Crippen LogP contribution is 2.23. The minimum Gasteiger partial charge on any atom is -0.491 e. The van der Waals surface area contributed by atoms with E-state index in [0.29, 0.717) is 17.9 Å². The van der Waals surface area contributed by atoms with Crippen LogP contribution >= 0.6 is 15.9 Å². The summed E-state index contributed by atoms with van der Waals surface area (Å²) in [6.07, 6.45) is -0.0558. The maximum Gasteiger partial charge on any atom is 0.305 e. The van der Waals surface area contributed by atoms with Crippen LogP contribution in [0.2, 0.25) is 0 Å². The Labute approximate surface area is 133 Å². The van der Waals surface area contributed by atoms with Gasteiger partial charge in [0, 0.05) is 23.1 Å².